The lowest BCUT2D eigenvalue weighted by Gasteiger charge is -2.15. The third-order valence-electron chi connectivity index (χ3n) is 3.45. The average molecular weight is 361 g/mol. The van der Waals surface area contributed by atoms with Crippen molar-refractivity contribution in [3.63, 3.8) is 0 Å². The highest BCUT2D eigenvalue weighted by Gasteiger charge is 2.19. The predicted octanol–water partition coefficient (Wildman–Crippen LogP) is 3.52. The molecule has 1 amide bonds. The number of rotatable bonds is 7. The molecule has 0 saturated carbocycles. The fraction of sp³-hybridized carbons (Fsp3) is 0.222. The summed E-state index contributed by atoms with van der Waals surface area (Å²) in [6.45, 7) is 1.71. The van der Waals surface area contributed by atoms with E-state index in [1.165, 1.54) is 32.0 Å². The molecule has 2 aromatic rings. The molecule has 0 unspecified atom stereocenters. The first kappa shape index (κ1) is 18.7. The first-order valence-electron chi connectivity index (χ1n) is 7.48. The highest BCUT2D eigenvalue weighted by Crippen LogP contribution is 2.31. The van der Waals surface area contributed by atoms with E-state index in [4.69, 9.17) is 9.47 Å². The summed E-state index contributed by atoms with van der Waals surface area (Å²) < 4.78 is 10.4. The van der Waals surface area contributed by atoms with Crippen molar-refractivity contribution in [2.45, 2.75) is 17.1 Å². The largest absolute Gasteiger partial charge is 0.497 e. The fourth-order valence-corrected chi connectivity index (χ4v) is 3.12. The van der Waals surface area contributed by atoms with Gasteiger partial charge in [-0.25, -0.2) is 4.79 Å². The van der Waals surface area contributed by atoms with Crippen LogP contribution in [0, 0.1) is 0 Å². The summed E-state index contributed by atoms with van der Waals surface area (Å²) in [6, 6.07) is 11.7. The maximum absolute atomic E-state index is 12.5. The molecule has 0 fully saturated rings. The number of benzene rings is 2. The Balaban J connectivity index is 2.15. The molecule has 0 bridgehead atoms. The number of aromatic carboxylic acids is 1. The van der Waals surface area contributed by atoms with Crippen LogP contribution in [0.2, 0.25) is 0 Å². The van der Waals surface area contributed by atoms with Crippen molar-refractivity contribution in [1.82, 2.24) is 0 Å². The number of methoxy groups -OCH3 is 2. The summed E-state index contributed by atoms with van der Waals surface area (Å²) in [5.74, 6) is -0.188. The van der Waals surface area contributed by atoms with Crippen LogP contribution in [-0.2, 0) is 4.79 Å². The van der Waals surface area contributed by atoms with Crippen LogP contribution in [0.3, 0.4) is 0 Å². The van der Waals surface area contributed by atoms with Gasteiger partial charge in [-0.1, -0.05) is 12.1 Å². The molecular formula is C18H19NO5S. The van der Waals surface area contributed by atoms with Gasteiger partial charge in [-0.05, 0) is 31.2 Å². The molecule has 1 atom stereocenters. The normalized spacial score (nSPS) is 11.5. The minimum absolute atomic E-state index is 0.172. The van der Waals surface area contributed by atoms with E-state index >= 15 is 0 Å². The maximum atomic E-state index is 12.5. The van der Waals surface area contributed by atoms with Gasteiger partial charge in [-0.3, -0.25) is 4.79 Å². The molecule has 25 heavy (non-hydrogen) atoms. The van der Waals surface area contributed by atoms with E-state index in [2.05, 4.69) is 5.32 Å². The Morgan fingerprint density at radius 1 is 1.12 bits per heavy atom. The quantitative estimate of drug-likeness (QED) is 0.734. The Morgan fingerprint density at radius 3 is 2.48 bits per heavy atom. The summed E-state index contributed by atoms with van der Waals surface area (Å²) in [5, 5.41) is 11.5. The van der Waals surface area contributed by atoms with E-state index < -0.39 is 11.2 Å². The van der Waals surface area contributed by atoms with Crippen molar-refractivity contribution in [2.75, 3.05) is 19.5 Å². The maximum Gasteiger partial charge on any atom is 0.336 e. The summed E-state index contributed by atoms with van der Waals surface area (Å²) in [5.41, 5.74) is 0.664. The van der Waals surface area contributed by atoms with Gasteiger partial charge in [0.15, 0.2) is 0 Å². The van der Waals surface area contributed by atoms with Crippen LogP contribution in [0.5, 0.6) is 11.5 Å². The molecule has 2 rings (SSSR count). The molecule has 0 aliphatic rings. The van der Waals surface area contributed by atoms with Gasteiger partial charge in [-0.2, -0.15) is 0 Å². The molecule has 132 valence electrons. The van der Waals surface area contributed by atoms with Gasteiger partial charge < -0.3 is 19.9 Å². The van der Waals surface area contributed by atoms with Gasteiger partial charge in [0.05, 0.1) is 30.7 Å². The third kappa shape index (κ3) is 4.67. The molecule has 0 saturated heterocycles. The number of amides is 1. The van der Waals surface area contributed by atoms with Gasteiger partial charge in [0.2, 0.25) is 5.91 Å². The minimum Gasteiger partial charge on any atom is -0.497 e. The lowest BCUT2D eigenvalue weighted by atomic mass is 10.2. The van der Waals surface area contributed by atoms with Crippen LogP contribution in [0.1, 0.15) is 17.3 Å². The third-order valence-corrected chi connectivity index (χ3v) is 4.63. The lowest BCUT2D eigenvalue weighted by Crippen LogP contribution is -2.23. The summed E-state index contributed by atoms with van der Waals surface area (Å²) in [4.78, 5) is 24.3. The number of anilines is 1. The molecule has 0 spiro atoms. The highest BCUT2D eigenvalue weighted by molar-refractivity contribution is 8.00. The minimum atomic E-state index is -1.02. The Labute approximate surface area is 150 Å². The van der Waals surface area contributed by atoms with Crippen LogP contribution in [0.15, 0.2) is 47.4 Å². The number of carboxylic acids is 1. The molecule has 7 heteroatoms. The Morgan fingerprint density at radius 2 is 1.84 bits per heavy atom. The molecule has 0 aliphatic heterocycles. The van der Waals surface area contributed by atoms with Gasteiger partial charge in [0.25, 0.3) is 0 Å². The smallest absolute Gasteiger partial charge is 0.336 e. The van der Waals surface area contributed by atoms with Crippen molar-refractivity contribution < 1.29 is 24.2 Å². The molecule has 0 heterocycles. The fourth-order valence-electron chi connectivity index (χ4n) is 2.14. The molecule has 2 aromatic carbocycles. The van der Waals surface area contributed by atoms with E-state index in [1.807, 2.05) is 0 Å². The van der Waals surface area contributed by atoms with Crippen LogP contribution in [0.25, 0.3) is 0 Å². The number of hydrogen-bond donors (Lipinski definition) is 2. The second-order valence-corrected chi connectivity index (χ2v) is 6.50. The number of ether oxygens (including phenoxy) is 2. The molecule has 0 radical (unpaired) electrons. The Hall–Kier alpha value is -2.67. The predicted molar refractivity (Wildman–Crippen MR) is 96.9 cm³/mol. The van der Waals surface area contributed by atoms with Crippen molar-refractivity contribution >= 4 is 29.3 Å². The Bertz CT molecular complexity index is 778. The number of carboxylic acid groups (broad SMARTS) is 1. The first-order chi connectivity index (χ1) is 12.0. The highest BCUT2D eigenvalue weighted by atomic mass is 32.2. The van der Waals surface area contributed by atoms with Crippen molar-refractivity contribution in [2.24, 2.45) is 0 Å². The van der Waals surface area contributed by atoms with Crippen LogP contribution >= 0.6 is 11.8 Å². The Kier molecular flexibility index (Phi) is 6.30. The van der Waals surface area contributed by atoms with E-state index in [0.29, 0.717) is 22.1 Å². The summed E-state index contributed by atoms with van der Waals surface area (Å²) in [7, 11) is 3.05. The van der Waals surface area contributed by atoms with Gasteiger partial charge >= 0.3 is 5.97 Å². The van der Waals surface area contributed by atoms with Crippen molar-refractivity contribution in [1.29, 1.82) is 0 Å². The molecular weight excluding hydrogens is 342 g/mol. The monoisotopic (exact) mass is 361 g/mol. The van der Waals surface area contributed by atoms with Crippen LogP contribution in [-0.4, -0.2) is 36.5 Å². The first-order valence-corrected chi connectivity index (χ1v) is 8.36. The van der Waals surface area contributed by atoms with Gasteiger partial charge in [-0.15, -0.1) is 11.8 Å². The number of nitrogens with one attached hydrogen (secondary N) is 1. The molecule has 2 N–H and O–H groups in total. The second kappa shape index (κ2) is 8.43. The SMILES string of the molecule is COc1ccc(OC)c(NC(=O)[C@@H](C)Sc2ccccc2C(=O)O)c1. The number of carbonyl (C=O) groups excluding carboxylic acids is 1. The lowest BCUT2D eigenvalue weighted by molar-refractivity contribution is -0.115. The zero-order valence-electron chi connectivity index (χ0n) is 14.1. The number of hydrogen-bond acceptors (Lipinski definition) is 5. The zero-order valence-corrected chi connectivity index (χ0v) is 14.9. The molecule has 6 nitrogen and oxygen atoms in total. The van der Waals surface area contributed by atoms with Gasteiger partial charge in [0.1, 0.15) is 11.5 Å². The van der Waals surface area contributed by atoms with Gasteiger partial charge in [0, 0.05) is 11.0 Å². The molecule has 0 aliphatic carbocycles. The van der Waals surface area contributed by atoms with Crippen LogP contribution < -0.4 is 14.8 Å². The second-order valence-electron chi connectivity index (χ2n) is 5.12. The number of thioether (sulfide) groups is 1. The molecule has 0 aromatic heterocycles. The topological polar surface area (TPSA) is 84.9 Å². The van der Waals surface area contributed by atoms with Crippen molar-refractivity contribution in [3.05, 3.63) is 48.0 Å². The van der Waals surface area contributed by atoms with Crippen molar-refractivity contribution in [3.8, 4) is 11.5 Å². The summed E-state index contributed by atoms with van der Waals surface area (Å²) >= 11 is 1.18. The van der Waals surface area contributed by atoms with E-state index in [1.54, 1.807) is 43.3 Å². The van der Waals surface area contributed by atoms with E-state index in [9.17, 15) is 14.7 Å². The standard InChI is InChI=1S/C18H19NO5S/c1-11(25-16-7-5-4-6-13(16)18(21)22)17(20)19-14-10-12(23-2)8-9-15(14)24-3/h4-11H,1-3H3,(H,19,20)(H,21,22)/t11-/m1/s1. The van der Waals surface area contributed by atoms with E-state index in [0.717, 1.165) is 0 Å². The zero-order chi connectivity index (χ0) is 18.4. The van der Waals surface area contributed by atoms with Crippen LogP contribution in [0.4, 0.5) is 5.69 Å². The number of carbonyl (C=O) groups is 2. The summed E-state index contributed by atoms with van der Waals surface area (Å²) in [6.07, 6.45) is 0. The van der Waals surface area contributed by atoms with E-state index in [-0.39, 0.29) is 11.5 Å². The average Bonchev–Trinajstić information content (AvgIpc) is 2.61.